The van der Waals surface area contributed by atoms with Gasteiger partial charge >= 0.3 is 0 Å². The third-order valence-corrected chi connectivity index (χ3v) is 8.69. The third-order valence-electron chi connectivity index (χ3n) is 8.26. The fraction of sp³-hybridized carbons (Fsp3) is 0.267. The van der Waals surface area contributed by atoms with Crippen LogP contribution in [0.4, 0.5) is 0 Å². The fourth-order valence-corrected chi connectivity index (χ4v) is 6.58. The van der Waals surface area contributed by atoms with Crippen LogP contribution < -0.4 is 5.56 Å². The minimum Gasteiger partial charge on any atom is -0.507 e. The number of nitrogens with one attached hydrogen (secondary N) is 1. The summed E-state index contributed by atoms with van der Waals surface area (Å²) in [7, 11) is 4.86. The van der Waals surface area contributed by atoms with Gasteiger partial charge in [0.2, 0.25) is 5.78 Å². The maximum absolute atomic E-state index is 14.1. The smallest absolute Gasteiger partial charge is 0.260 e. The molecule has 1 atom stereocenters. The predicted octanol–water partition coefficient (Wildman–Crippen LogP) is 2.38. The van der Waals surface area contributed by atoms with Crippen molar-refractivity contribution in [3.8, 4) is 17.2 Å². The minimum atomic E-state index is -2.20. The highest BCUT2D eigenvalue weighted by Gasteiger charge is 2.62. The molecule has 44 heavy (non-hydrogen) atoms. The monoisotopic (exact) mass is 621 g/mol. The lowest BCUT2D eigenvalue weighted by Crippen LogP contribution is -2.36. The van der Waals surface area contributed by atoms with Crippen LogP contribution in [-0.2, 0) is 21.4 Å². The van der Waals surface area contributed by atoms with Crippen molar-refractivity contribution in [3.63, 3.8) is 0 Å². The van der Waals surface area contributed by atoms with E-state index < -0.39 is 79.4 Å². The number of aromatic nitrogens is 1. The molecule has 6 rings (SSSR count). The van der Waals surface area contributed by atoms with E-state index in [0.717, 1.165) is 13.2 Å². The van der Waals surface area contributed by atoms with E-state index in [1.165, 1.54) is 12.3 Å². The fourth-order valence-electron chi connectivity index (χ4n) is 6.24. The van der Waals surface area contributed by atoms with Crippen molar-refractivity contribution in [3.05, 3.63) is 72.4 Å². The molecule has 14 heteroatoms. The number of carbonyl (C=O) groups is 4. The van der Waals surface area contributed by atoms with Gasteiger partial charge in [-0.25, -0.2) is 0 Å². The zero-order valence-corrected chi connectivity index (χ0v) is 24.3. The van der Waals surface area contributed by atoms with E-state index in [4.69, 9.17) is 21.2 Å². The first kappa shape index (κ1) is 29.1. The summed E-state index contributed by atoms with van der Waals surface area (Å²) in [6.45, 7) is 0.902. The predicted molar refractivity (Wildman–Crippen MR) is 156 cm³/mol. The second-order valence-electron chi connectivity index (χ2n) is 10.9. The summed E-state index contributed by atoms with van der Waals surface area (Å²) in [6, 6.07) is 1.46. The Morgan fingerprint density at radius 2 is 1.68 bits per heavy atom. The molecule has 4 N–H and O–H groups in total. The van der Waals surface area contributed by atoms with Crippen molar-refractivity contribution >= 4 is 51.7 Å². The number of phenolic OH excluding ortho intramolecular Hbond substituents is 3. The lowest BCUT2D eigenvalue weighted by Gasteiger charge is -2.23. The molecule has 1 spiro atoms. The van der Waals surface area contributed by atoms with Crippen LogP contribution in [0.25, 0.3) is 10.8 Å². The van der Waals surface area contributed by atoms with Gasteiger partial charge in [-0.1, -0.05) is 16.8 Å². The van der Waals surface area contributed by atoms with Gasteiger partial charge < -0.3 is 34.8 Å². The van der Waals surface area contributed by atoms with Gasteiger partial charge in [0.15, 0.2) is 23.1 Å². The number of oxime groups is 1. The number of methoxy groups -OCH3 is 1. The number of rotatable bonds is 6. The Balaban J connectivity index is 1.51. The normalized spacial score (nSPS) is 18.9. The summed E-state index contributed by atoms with van der Waals surface area (Å²) < 4.78 is 4.91. The number of H-pyrrole nitrogens is 1. The lowest BCUT2D eigenvalue weighted by atomic mass is 9.76. The number of nitrogens with zero attached hydrogens (tertiary/aromatic N) is 2. The van der Waals surface area contributed by atoms with Crippen LogP contribution in [0.5, 0.6) is 17.2 Å². The van der Waals surface area contributed by atoms with Crippen LogP contribution in [0.3, 0.4) is 0 Å². The number of halogens is 1. The maximum Gasteiger partial charge on any atom is 0.260 e. The summed E-state index contributed by atoms with van der Waals surface area (Å²) >= 11 is 6.75. The number of phenols is 3. The standard InChI is InChI=1S/C30H24ClN3O10/c1-34(2)6-7-44-32-10-11-8-13-16(29(42)33-11)26(39)21-12(22(13)31)4-5-30(21)27(40)19-20(28(30)41)25(38)18-17(24(19)37)14(35)9-15(43-3)23(18)36/h8-10,37-39H,4-7H2,1-3H3,(H,33,42)/b32-10+/t30-/m0/s1. The van der Waals surface area contributed by atoms with Crippen LogP contribution in [-0.4, -0.2) is 88.9 Å². The average Bonchev–Trinajstić information content (AvgIpc) is 3.48. The molecule has 0 unspecified atom stereocenters. The average molecular weight is 622 g/mol. The second kappa shape index (κ2) is 10.0. The number of benzene rings is 2. The van der Waals surface area contributed by atoms with Crippen molar-refractivity contribution in [1.82, 2.24) is 9.88 Å². The van der Waals surface area contributed by atoms with Gasteiger partial charge in [-0.05, 0) is 38.6 Å². The topological polar surface area (TPSA) is 196 Å². The Kier molecular flexibility index (Phi) is 6.63. The zero-order chi connectivity index (χ0) is 31.8. The Morgan fingerprint density at radius 1 is 1.02 bits per heavy atom. The lowest BCUT2D eigenvalue weighted by molar-refractivity contribution is 0.0790. The molecule has 1 aromatic heterocycles. The first-order valence-electron chi connectivity index (χ1n) is 13.3. The molecule has 0 fully saturated rings. The van der Waals surface area contributed by atoms with Gasteiger partial charge in [0.1, 0.15) is 29.3 Å². The van der Waals surface area contributed by atoms with Crippen LogP contribution >= 0.6 is 11.6 Å². The van der Waals surface area contributed by atoms with E-state index in [1.54, 1.807) is 0 Å². The van der Waals surface area contributed by atoms with Crippen molar-refractivity contribution in [2.45, 2.75) is 18.3 Å². The molecule has 3 aliphatic rings. The van der Waals surface area contributed by atoms with Gasteiger partial charge in [0.25, 0.3) is 5.56 Å². The van der Waals surface area contributed by atoms with Crippen molar-refractivity contribution < 1.29 is 44.1 Å². The summed E-state index contributed by atoms with van der Waals surface area (Å²) in [5.74, 6) is -6.99. The molecule has 3 aliphatic carbocycles. The van der Waals surface area contributed by atoms with E-state index in [2.05, 4.69) is 10.1 Å². The first-order chi connectivity index (χ1) is 20.9. The molecule has 3 aromatic rings. The summed E-state index contributed by atoms with van der Waals surface area (Å²) in [6.07, 6.45) is 1.83. The second-order valence-corrected chi connectivity index (χ2v) is 11.3. The molecule has 0 bridgehead atoms. The molecule has 1 heterocycles. The molecular weight excluding hydrogens is 598 g/mol. The van der Waals surface area contributed by atoms with Crippen LogP contribution in [0, 0.1) is 0 Å². The molecule has 0 saturated carbocycles. The number of aromatic hydroxyl groups is 3. The Bertz CT molecular complexity index is 2010. The number of ketones is 4. The molecule has 0 aliphatic heterocycles. The number of aromatic amines is 1. The van der Waals surface area contributed by atoms with Crippen molar-refractivity contribution in [2.75, 3.05) is 34.4 Å². The number of allylic oxidation sites excluding steroid dienone is 2. The minimum absolute atomic E-state index is 0.00147. The molecular formula is C30H24ClN3O10. The third kappa shape index (κ3) is 3.75. The van der Waals surface area contributed by atoms with Crippen molar-refractivity contribution in [2.24, 2.45) is 5.16 Å². The van der Waals surface area contributed by atoms with Crippen LogP contribution in [0.2, 0.25) is 5.02 Å². The summed E-state index contributed by atoms with van der Waals surface area (Å²) in [5, 5.41) is 37.4. The van der Waals surface area contributed by atoms with E-state index in [9.17, 15) is 39.3 Å². The van der Waals surface area contributed by atoms with Gasteiger partial charge in [0, 0.05) is 23.6 Å². The number of ether oxygens (including phenoxy) is 1. The van der Waals surface area contributed by atoms with Gasteiger partial charge in [-0.2, -0.15) is 0 Å². The Hall–Kier alpha value is -5.01. The van der Waals surface area contributed by atoms with Crippen LogP contribution in [0.1, 0.15) is 64.7 Å². The van der Waals surface area contributed by atoms with Crippen LogP contribution in [0.15, 0.2) is 27.9 Å². The number of likely N-dealkylation sites (N-methyl/N-ethyl adjacent to an activating group) is 1. The zero-order valence-electron chi connectivity index (χ0n) is 23.5. The Labute approximate surface area is 252 Å². The number of carbonyl (C=O) groups excluding carboxylic acids is 4. The number of fused-ring (bicyclic) bond motifs is 5. The molecule has 13 nitrogen and oxygen atoms in total. The Morgan fingerprint density at radius 3 is 2.32 bits per heavy atom. The van der Waals surface area contributed by atoms with Gasteiger partial charge in [-0.15, -0.1) is 0 Å². The number of pyridine rings is 1. The van der Waals surface area contributed by atoms with E-state index in [1.807, 2.05) is 19.0 Å². The van der Waals surface area contributed by atoms with Crippen molar-refractivity contribution in [1.29, 1.82) is 0 Å². The maximum atomic E-state index is 14.1. The quantitative estimate of drug-likeness (QED) is 0.104. The SMILES string of the molecule is COC1=CC(=O)c2c(O)c3c(c(O)c2C1=O)C(=O)[C@]1(CCc2c1c(O)c1c(=O)[nH]c(/C=N/OCCN(C)C)cc1c2Cl)C3=O. The highest BCUT2D eigenvalue weighted by atomic mass is 35.5. The van der Waals surface area contributed by atoms with E-state index in [0.29, 0.717) is 13.2 Å². The van der Waals surface area contributed by atoms with Gasteiger partial charge in [0.05, 0.1) is 51.7 Å². The molecule has 2 aromatic carbocycles. The molecule has 0 saturated heterocycles. The molecule has 0 radical (unpaired) electrons. The molecule has 226 valence electrons. The van der Waals surface area contributed by atoms with Gasteiger partial charge in [-0.3, -0.25) is 24.0 Å². The van der Waals surface area contributed by atoms with E-state index in [-0.39, 0.29) is 45.5 Å². The largest absolute Gasteiger partial charge is 0.507 e. The number of hydrogen-bond donors (Lipinski definition) is 4. The highest BCUT2D eigenvalue weighted by molar-refractivity contribution is 6.41. The summed E-state index contributed by atoms with van der Waals surface area (Å²) in [5.41, 5.74) is -5.50. The number of hydrogen-bond acceptors (Lipinski definition) is 12. The number of Topliss-reactive ketones (excluding diaryl/α,β-unsaturated/α-hetero) is 3. The first-order valence-corrected chi connectivity index (χ1v) is 13.7. The molecule has 0 amide bonds. The van der Waals surface area contributed by atoms with E-state index >= 15 is 0 Å². The highest BCUT2D eigenvalue weighted by Crippen LogP contribution is 2.58. The summed E-state index contributed by atoms with van der Waals surface area (Å²) in [4.78, 5) is 76.9.